The summed E-state index contributed by atoms with van der Waals surface area (Å²) in [6, 6.07) is 6.56. The Kier molecular flexibility index (Phi) is 6.07. The molecule has 1 fully saturated rings. The van der Waals surface area contributed by atoms with E-state index in [-0.39, 0.29) is 6.04 Å². The minimum atomic E-state index is 0.262. The maximum Gasteiger partial charge on any atom is 0.119 e. The standard InChI is InChI=1S/C18H30N2O/c1-4-5-14-6-8-15(9-7-14)18(20-19)17-11-10-16(21-3)12-13(17)2/h10-12,14-15,18,20H,4-9,19H2,1-3H3. The molecule has 0 amide bonds. The zero-order valence-corrected chi connectivity index (χ0v) is 13.7. The van der Waals surface area contributed by atoms with E-state index in [2.05, 4.69) is 31.4 Å². The molecule has 3 nitrogen and oxygen atoms in total. The third kappa shape index (κ3) is 3.98. The molecule has 0 aromatic heterocycles. The number of rotatable bonds is 6. The van der Waals surface area contributed by atoms with Gasteiger partial charge in [0.25, 0.3) is 0 Å². The molecule has 0 heterocycles. The van der Waals surface area contributed by atoms with Gasteiger partial charge in [-0.15, -0.1) is 0 Å². The van der Waals surface area contributed by atoms with Crippen molar-refractivity contribution in [1.29, 1.82) is 0 Å². The maximum atomic E-state index is 5.89. The maximum absolute atomic E-state index is 5.89. The Labute approximate surface area is 129 Å². The van der Waals surface area contributed by atoms with Crippen LogP contribution in [0.3, 0.4) is 0 Å². The fourth-order valence-electron chi connectivity index (χ4n) is 3.82. The molecular weight excluding hydrogens is 260 g/mol. The molecule has 3 N–H and O–H groups in total. The fraction of sp³-hybridized carbons (Fsp3) is 0.667. The lowest BCUT2D eigenvalue weighted by molar-refractivity contribution is 0.214. The van der Waals surface area contributed by atoms with E-state index in [1.165, 1.54) is 49.7 Å². The van der Waals surface area contributed by atoms with Crippen LogP contribution in [0.2, 0.25) is 0 Å². The summed E-state index contributed by atoms with van der Waals surface area (Å²) in [5.41, 5.74) is 5.65. The van der Waals surface area contributed by atoms with Gasteiger partial charge in [-0.2, -0.15) is 0 Å². The van der Waals surface area contributed by atoms with Crippen LogP contribution in [-0.2, 0) is 0 Å². The second kappa shape index (κ2) is 7.81. The highest BCUT2D eigenvalue weighted by molar-refractivity contribution is 5.37. The molecule has 0 spiro atoms. The van der Waals surface area contributed by atoms with E-state index in [4.69, 9.17) is 10.6 Å². The molecule has 0 bridgehead atoms. The molecule has 3 heteroatoms. The summed E-state index contributed by atoms with van der Waals surface area (Å²) in [7, 11) is 1.71. The van der Waals surface area contributed by atoms with Crippen LogP contribution in [0.5, 0.6) is 5.75 Å². The third-order valence-electron chi connectivity index (χ3n) is 5.05. The molecule has 1 aromatic rings. The van der Waals surface area contributed by atoms with Gasteiger partial charge in [0.05, 0.1) is 7.11 Å². The second-order valence-electron chi connectivity index (χ2n) is 6.44. The van der Waals surface area contributed by atoms with E-state index in [0.717, 1.165) is 11.7 Å². The number of nitrogens with one attached hydrogen (secondary N) is 1. The molecule has 1 atom stereocenters. The second-order valence-corrected chi connectivity index (χ2v) is 6.44. The molecule has 2 rings (SSSR count). The molecule has 1 aliphatic carbocycles. The van der Waals surface area contributed by atoms with Gasteiger partial charge < -0.3 is 4.74 Å². The lowest BCUT2D eigenvalue weighted by Gasteiger charge is -2.34. The number of aryl methyl sites for hydroxylation is 1. The van der Waals surface area contributed by atoms with Gasteiger partial charge in [-0.25, -0.2) is 0 Å². The summed E-state index contributed by atoms with van der Waals surface area (Å²) < 4.78 is 5.30. The number of hydrazine groups is 1. The lowest BCUT2D eigenvalue weighted by Crippen LogP contribution is -2.35. The average Bonchev–Trinajstić information content (AvgIpc) is 2.51. The fourth-order valence-corrected chi connectivity index (χ4v) is 3.82. The third-order valence-corrected chi connectivity index (χ3v) is 5.05. The zero-order valence-electron chi connectivity index (χ0n) is 13.7. The Morgan fingerprint density at radius 3 is 2.52 bits per heavy atom. The van der Waals surface area contributed by atoms with Gasteiger partial charge in [0, 0.05) is 6.04 Å². The predicted octanol–water partition coefficient (Wildman–Crippen LogP) is 4.11. The van der Waals surface area contributed by atoms with E-state index < -0.39 is 0 Å². The van der Waals surface area contributed by atoms with Gasteiger partial charge >= 0.3 is 0 Å². The van der Waals surface area contributed by atoms with Crippen LogP contribution in [-0.4, -0.2) is 7.11 Å². The monoisotopic (exact) mass is 290 g/mol. The van der Waals surface area contributed by atoms with Crippen molar-refractivity contribution in [3.05, 3.63) is 29.3 Å². The van der Waals surface area contributed by atoms with Crippen LogP contribution >= 0.6 is 0 Å². The van der Waals surface area contributed by atoms with Crippen molar-refractivity contribution in [3.8, 4) is 5.75 Å². The van der Waals surface area contributed by atoms with E-state index in [1.807, 2.05) is 6.07 Å². The first-order chi connectivity index (χ1) is 10.2. The Balaban J connectivity index is 2.06. The quantitative estimate of drug-likeness (QED) is 0.612. The van der Waals surface area contributed by atoms with Gasteiger partial charge in [0.1, 0.15) is 5.75 Å². The van der Waals surface area contributed by atoms with Crippen LogP contribution in [0.15, 0.2) is 18.2 Å². The molecule has 1 aliphatic rings. The number of benzene rings is 1. The van der Waals surface area contributed by atoms with Crippen LogP contribution < -0.4 is 16.0 Å². The van der Waals surface area contributed by atoms with Crippen molar-refractivity contribution >= 4 is 0 Å². The number of hydrogen-bond acceptors (Lipinski definition) is 3. The van der Waals surface area contributed by atoms with Crippen molar-refractivity contribution < 1.29 is 4.74 Å². The average molecular weight is 290 g/mol. The lowest BCUT2D eigenvalue weighted by atomic mass is 9.75. The normalized spacial score (nSPS) is 23.8. The topological polar surface area (TPSA) is 47.3 Å². The van der Waals surface area contributed by atoms with E-state index in [0.29, 0.717) is 5.92 Å². The largest absolute Gasteiger partial charge is 0.497 e. The van der Waals surface area contributed by atoms with Crippen LogP contribution in [0, 0.1) is 18.8 Å². The highest BCUT2D eigenvalue weighted by Crippen LogP contribution is 2.39. The highest BCUT2D eigenvalue weighted by Gasteiger charge is 2.28. The van der Waals surface area contributed by atoms with Crippen LogP contribution in [0.4, 0.5) is 0 Å². The number of ether oxygens (including phenoxy) is 1. The summed E-state index contributed by atoms with van der Waals surface area (Å²) in [5, 5.41) is 0. The Hall–Kier alpha value is -1.06. The molecule has 21 heavy (non-hydrogen) atoms. The molecule has 0 saturated heterocycles. The highest BCUT2D eigenvalue weighted by atomic mass is 16.5. The first-order valence-electron chi connectivity index (χ1n) is 8.30. The van der Waals surface area contributed by atoms with Crippen molar-refractivity contribution in [1.82, 2.24) is 5.43 Å². The summed E-state index contributed by atoms with van der Waals surface area (Å²) in [5.74, 6) is 8.38. The van der Waals surface area contributed by atoms with Gasteiger partial charge in [0.15, 0.2) is 0 Å². The van der Waals surface area contributed by atoms with Crippen molar-refractivity contribution in [2.45, 2.75) is 58.4 Å². The molecule has 0 aliphatic heterocycles. The predicted molar refractivity (Wildman–Crippen MR) is 88.2 cm³/mol. The van der Waals surface area contributed by atoms with Crippen molar-refractivity contribution in [2.24, 2.45) is 17.7 Å². The van der Waals surface area contributed by atoms with Crippen molar-refractivity contribution in [3.63, 3.8) is 0 Å². The van der Waals surface area contributed by atoms with Crippen LogP contribution in [0.25, 0.3) is 0 Å². The van der Waals surface area contributed by atoms with E-state index in [9.17, 15) is 0 Å². The summed E-state index contributed by atoms with van der Waals surface area (Å²) in [4.78, 5) is 0. The number of methoxy groups -OCH3 is 1. The minimum absolute atomic E-state index is 0.262. The molecule has 0 radical (unpaired) electrons. The van der Waals surface area contributed by atoms with Crippen LogP contribution in [0.1, 0.15) is 62.6 Å². The van der Waals surface area contributed by atoms with Gasteiger partial charge in [-0.1, -0.05) is 38.7 Å². The van der Waals surface area contributed by atoms with E-state index in [1.54, 1.807) is 7.11 Å². The molecule has 1 unspecified atom stereocenters. The van der Waals surface area contributed by atoms with Gasteiger partial charge in [0.2, 0.25) is 0 Å². The van der Waals surface area contributed by atoms with Crippen molar-refractivity contribution in [2.75, 3.05) is 7.11 Å². The van der Waals surface area contributed by atoms with E-state index >= 15 is 0 Å². The Morgan fingerprint density at radius 1 is 1.29 bits per heavy atom. The Morgan fingerprint density at radius 2 is 2.00 bits per heavy atom. The smallest absolute Gasteiger partial charge is 0.119 e. The number of nitrogens with two attached hydrogens (primary N) is 1. The molecule has 118 valence electrons. The molecule has 1 saturated carbocycles. The first kappa shape index (κ1) is 16.3. The molecular formula is C18H30N2O. The molecule has 1 aromatic carbocycles. The first-order valence-corrected chi connectivity index (χ1v) is 8.30. The number of hydrogen-bond donors (Lipinski definition) is 2. The Bertz CT molecular complexity index is 439. The summed E-state index contributed by atoms with van der Waals surface area (Å²) in [6.45, 7) is 4.43. The zero-order chi connectivity index (χ0) is 15.2. The van der Waals surface area contributed by atoms with Gasteiger partial charge in [-0.3, -0.25) is 11.3 Å². The van der Waals surface area contributed by atoms with Gasteiger partial charge in [-0.05, 0) is 54.9 Å². The SMILES string of the molecule is CCCC1CCC(C(NN)c2ccc(OC)cc2C)CC1. The summed E-state index contributed by atoms with van der Waals surface area (Å²) >= 11 is 0. The minimum Gasteiger partial charge on any atom is -0.497 e. The summed E-state index contributed by atoms with van der Waals surface area (Å²) in [6.07, 6.45) is 7.97.